The molecule has 8 rings (SSSR count). The van der Waals surface area contributed by atoms with Crippen LogP contribution in [0.3, 0.4) is 0 Å². The van der Waals surface area contributed by atoms with Crippen LogP contribution in [0, 0.1) is 24.3 Å². The maximum Gasteiger partial charge on any atom is 2.00 e. The van der Waals surface area contributed by atoms with Crippen molar-refractivity contribution in [1.29, 1.82) is 0 Å². The molecule has 4 heteroatoms. The van der Waals surface area contributed by atoms with Gasteiger partial charge in [0.25, 0.3) is 0 Å². The van der Waals surface area contributed by atoms with Crippen molar-refractivity contribution in [2.24, 2.45) is 0 Å². The summed E-state index contributed by atoms with van der Waals surface area (Å²) in [5, 5.41) is 0. The van der Waals surface area contributed by atoms with Crippen molar-refractivity contribution in [3.05, 3.63) is 165 Å². The molecule has 0 N–H and O–H groups in total. The smallest absolute Gasteiger partial charge is 1.00 e. The molecule has 0 atom stereocenters. The predicted molar refractivity (Wildman–Crippen MR) is 243 cm³/mol. The molecule has 0 aliphatic heterocycles. The quantitative estimate of drug-likeness (QED) is 0.152. The van der Waals surface area contributed by atoms with E-state index in [4.69, 9.17) is 0 Å². The minimum absolute atomic E-state index is 0. The second-order valence-corrected chi connectivity index (χ2v) is 20.0. The first-order valence-electron chi connectivity index (χ1n) is 21.1. The van der Waals surface area contributed by atoms with Gasteiger partial charge in [0.15, 0.2) is 0 Å². The van der Waals surface area contributed by atoms with E-state index in [9.17, 15) is 0 Å². The summed E-state index contributed by atoms with van der Waals surface area (Å²) in [5.41, 5.74) is 20.1. The Bertz CT molecular complexity index is 1870. The van der Waals surface area contributed by atoms with Gasteiger partial charge in [-0.25, -0.2) is 23.3 Å². The molecule has 0 unspecified atom stereocenters. The van der Waals surface area contributed by atoms with Crippen LogP contribution in [0.2, 0.25) is 0 Å². The zero-order valence-electron chi connectivity index (χ0n) is 39.1. The molecule has 4 aliphatic carbocycles. The van der Waals surface area contributed by atoms with E-state index >= 15 is 0 Å². The zero-order valence-corrected chi connectivity index (χ0v) is 45.5. The minimum Gasteiger partial charge on any atom is -1.00 e. The maximum atomic E-state index is 3.67. The van der Waals surface area contributed by atoms with Gasteiger partial charge < -0.3 is 24.8 Å². The van der Waals surface area contributed by atoms with Crippen molar-refractivity contribution in [3.8, 4) is 22.3 Å². The Morgan fingerprint density at radius 2 is 0.783 bits per heavy atom. The van der Waals surface area contributed by atoms with Gasteiger partial charge in [0.05, 0.1) is 0 Å². The first-order valence-corrected chi connectivity index (χ1v) is 21.1. The summed E-state index contributed by atoms with van der Waals surface area (Å²) in [6.45, 7) is 31.5. The fraction of sp³-hybridized carbons (Fsp3) is 0.429. The first kappa shape index (κ1) is 56.2. The molecule has 4 aromatic rings. The van der Waals surface area contributed by atoms with Gasteiger partial charge in [-0.2, -0.15) is 59.7 Å². The largest absolute Gasteiger partial charge is 2.00 e. The van der Waals surface area contributed by atoms with Crippen molar-refractivity contribution in [3.63, 3.8) is 0 Å². The standard InChI is InChI=1S/2C21H25.2C7H9.2ClH.2Zr/c2*1-20(2,3)16-7-9-18-14(12-16)11-15-13-17(21(4,5)6)8-10-19(15)18;2*1-2-7-5-3-4-6-7;;;;/h2*7-10,12H,11H2,1-6H3;2*3,5H,2,4H2,1H3;2*1H;;/q4*-1;;;2*+2/p-2. The van der Waals surface area contributed by atoms with Crippen LogP contribution in [0.5, 0.6) is 0 Å². The number of fused-ring (bicyclic) bond motifs is 6. The van der Waals surface area contributed by atoms with Gasteiger partial charge in [0, 0.05) is 0 Å². The summed E-state index contributed by atoms with van der Waals surface area (Å²) < 4.78 is 0. The number of benzene rings is 4. The Hall–Kier alpha value is -1.81. The maximum absolute atomic E-state index is 3.67. The van der Waals surface area contributed by atoms with Gasteiger partial charge in [0.1, 0.15) is 0 Å². The van der Waals surface area contributed by atoms with Gasteiger partial charge >= 0.3 is 52.4 Å². The number of hydrogen-bond donors (Lipinski definition) is 0. The molecule has 0 heterocycles. The van der Waals surface area contributed by atoms with Crippen LogP contribution in [0.15, 0.2) is 96.1 Å². The summed E-state index contributed by atoms with van der Waals surface area (Å²) in [6.07, 6.45) is 21.4. The topological polar surface area (TPSA) is 0 Å². The second kappa shape index (κ2) is 23.2. The van der Waals surface area contributed by atoms with Crippen molar-refractivity contribution >= 4 is 0 Å². The van der Waals surface area contributed by atoms with Crippen LogP contribution >= 0.6 is 0 Å². The number of rotatable bonds is 2. The molecule has 60 heavy (non-hydrogen) atoms. The van der Waals surface area contributed by atoms with Gasteiger partial charge in [-0.1, -0.05) is 157 Å². The van der Waals surface area contributed by atoms with Gasteiger partial charge in [-0.3, -0.25) is 12.2 Å². The molecule has 0 saturated carbocycles. The third kappa shape index (κ3) is 14.6. The van der Waals surface area contributed by atoms with Crippen molar-refractivity contribution in [2.45, 2.75) is 157 Å². The van der Waals surface area contributed by atoms with Crippen molar-refractivity contribution < 1.29 is 77.2 Å². The summed E-state index contributed by atoms with van der Waals surface area (Å²) in [6, 6.07) is 30.3. The van der Waals surface area contributed by atoms with E-state index < -0.39 is 0 Å². The molecule has 0 nitrogen and oxygen atoms in total. The predicted octanol–water partition coefficient (Wildman–Crippen LogP) is 9.48. The van der Waals surface area contributed by atoms with E-state index in [1.54, 1.807) is 0 Å². The van der Waals surface area contributed by atoms with E-state index in [1.807, 2.05) is 0 Å². The Kier molecular flexibility index (Phi) is 21.7. The van der Waals surface area contributed by atoms with Crippen LogP contribution in [0.25, 0.3) is 22.3 Å². The fourth-order valence-corrected chi connectivity index (χ4v) is 7.44. The van der Waals surface area contributed by atoms with Gasteiger partial charge in [0.2, 0.25) is 0 Å². The fourth-order valence-electron chi connectivity index (χ4n) is 7.44. The van der Waals surface area contributed by atoms with Crippen LogP contribution in [-0.4, -0.2) is 0 Å². The molecule has 0 amide bonds. The summed E-state index contributed by atoms with van der Waals surface area (Å²) >= 11 is 0. The molecule has 4 aliphatic rings. The van der Waals surface area contributed by atoms with Crippen LogP contribution in [0.1, 0.15) is 167 Å². The Morgan fingerprint density at radius 1 is 0.450 bits per heavy atom. The summed E-state index contributed by atoms with van der Waals surface area (Å²) in [5.74, 6) is 0. The van der Waals surface area contributed by atoms with E-state index in [0.717, 1.165) is 38.5 Å². The minimum atomic E-state index is 0. The molecule has 0 spiro atoms. The summed E-state index contributed by atoms with van der Waals surface area (Å²) in [4.78, 5) is 0. The molecule has 316 valence electrons. The third-order valence-corrected chi connectivity index (χ3v) is 11.2. The first-order chi connectivity index (χ1) is 26.2. The van der Waals surface area contributed by atoms with Crippen LogP contribution in [0.4, 0.5) is 0 Å². The Balaban J connectivity index is 0.000000433. The molecule has 0 fully saturated rings. The normalized spacial score (nSPS) is 13.9. The third-order valence-electron chi connectivity index (χ3n) is 11.2. The molecule has 0 bridgehead atoms. The number of allylic oxidation sites excluding steroid dienone is 8. The second-order valence-electron chi connectivity index (χ2n) is 20.0. The van der Waals surface area contributed by atoms with Crippen molar-refractivity contribution in [2.75, 3.05) is 0 Å². The number of hydrogen-bond acceptors (Lipinski definition) is 0. The van der Waals surface area contributed by atoms with Gasteiger partial charge in [-0.15, -0.1) is 35.1 Å². The molecular formula is C56H68Cl2Zr2-2. The molecule has 0 aromatic heterocycles. The molecule has 0 saturated heterocycles. The average Bonchev–Trinajstić information content (AvgIpc) is 3.96. The molecule has 0 radical (unpaired) electrons. The Morgan fingerprint density at radius 3 is 1.03 bits per heavy atom. The van der Waals surface area contributed by atoms with E-state index in [1.165, 1.54) is 77.9 Å². The van der Waals surface area contributed by atoms with E-state index in [-0.39, 0.29) is 98.9 Å². The van der Waals surface area contributed by atoms with E-state index in [2.05, 4.69) is 206 Å². The Labute approximate surface area is 417 Å². The monoisotopic (exact) mass is 990 g/mol. The molecule has 4 aromatic carbocycles. The average molecular weight is 995 g/mol. The van der Waals surface area contributed by atoms with Crippen LogP contribution in [-0.2, 0) is 86.9 Å². The van der Waals surface area contributed by atoms with Gasteiger partial charge in [-0.05, 0) is 56.8 Å². The van der Waals surface area contributed by atoms with Crippen molar-refractivity contribution in [1.82, 2.24) is 0 Å². The summed E-state index contributed by atoms with van der Waals surface area (Å²) in [7, 11) is 0. The number of halogens is 2. The molecular weight excluding hydrogens is 926 g/mol. The SMILES string of the molecule is CC(C)(C)c1[c-]c2c(cc1)-c1ccc(C(C)(C)C)cc1C2.CC(C)(C)c1[c-]c2c(cc1)-c1ccc(C(C)(C)C)cc1C2.CCC1=[C-]CC=C1.CCC1=[C-]CC=C1.[Cl-].[Cl-].[Zr+2].[Zr+2]. The zero-order chi connectivity index (χ0) is 41.1. The van der Waals surface area contributed by atoms with Crippen LogP contribution < -0.4 is 24.8 Å². The van der Waals surface area contributed by atoms with E-state index in [0.29, 0.717) is 0 Å².